The fourth-order valence-corrected chi connectivity index (χ4v) is 4.78. The Morgan fingerprint density at radius 2 is 1.54 bits per heavy atom. The molecule has 1 saturated heterocycles. The van der Waals surface area contributed by atoms with E-state index in [0.717, 1.165) is 40.7 Å². The molecule has 0 bridgehead atoms. The van der Waals surface area contributed by atoms with E-state index < -0.39 is 0 Å². The van der Waals surface area contributed by atoms with Crippen molar-refractivity contribution in [2.45, 2.75) is 0 Å². The molecule has 3 aromatic carbocycles. The minimum Gasteiger partial charge on any atom is -0.383 e. The summed E-state index contributed by atoms with van der Waals surface area (Å²) in [4.78, 5) is 23.1. The molecule has 1 aromatic heterocycles. The van der Waals surface area contributed by atoms with E-state index in [2.05, 4.69) is 27.3 Å². The number of hydrogen-bond donors (Lipinski definition) is 2. The second-order valence-corrected chi connectivity index (χ2v) is 9.25. The molecule has 176 valence electrons. The van der Waals surface area contributed by atoms with Gasteiger partial charge in [0.1, 0.15) is 5.84 Å². The number of amides is 1. The molecule has 1 aliphatic heterocycles. The predicted octanol–water partition coefficient (Wildman–Crippen LogP) is 5.49. The van der Waals surface area contributed by atoms with Gasteiger partial charge in [-0.3, -0.25) is 4.79 Å². The van der Waals surface area contributed by atoms with Gasteiger partial charge < -0.3 is 20.9 Å². The Morgan fingerprint density at radius 3 is 2.26 bits per heavy atom. The number of hydrogen-bond acceptors (Lipinski definition) is 5. The highest BCUT2D eigenvalue weighted by atomic mass is 32.1. The molecular weight excluding hydrogens is 454 g/mol. The average Bonchev–Trinajstić information content (AvgIpc) is 3.45. The second-order valence-electron chi connectivity index (χ2n) is 8.31. The third kappa shape index (κ3) is 5.36. The smallest absolute Gasteiger partial charge is 0.256 e. The number of carbonyl (C=O) groups is 1. The third-order valence-electron chi connectivity index (χ3n) is 6.02. The van der Waals surface area contributed by atoms with Crippen LogP contribution in [0.5, 0.6) is 0 Å². The molecule has 35 heavy (non-hydrogen) atoms. The second kappa shape index (κ2) is 10.4. The number of nitrogens with one attached hydrogen (secondary N) is 1. The van der Waals surface area contributed by atoms with Gasteiger partial charge >= 0.3 is 0 Å². The summed E-state index contributed by atoms with van der Waals surface area (Å²) in [6, 6.07) is 29.6. The molecular formula is C28H27N5OS. The van der Waals surface area contributed by atoms with Gasteiger partial charge in [-0.2, -0.15) is 0 Å². The molecule has 3 N–H and O–H groups in total. The summed E-state index contributed by atoms with van der Waals surface area (Å²) < 4.78 is 0. The number of benzene rings is 3. The number of amidine groups is 1. The van der Waals surface area contributed by atoms with Crippen LogP contribution in [0.3, 0.4) is 0 Å². The molecule has 0 unspecified atom stereocenters. The third-order valence-corrected chi connectivity index (χ3v) is 6.91. The number of rotatable bonds is 6. The van der Waals surface area contributed by atoms with Crippen LogP contribution in [-0.2, 0) is 0 Å². The molecule has 6 nitrogen and oxygen atoms in total. The minimum absolute atomic E-state index is 0.0532. The van der Waals surface area contributed by atoms with Crippen LogP contribution in [-0.4, -0.2) is 42.8 Å². The van der Waals surface area contributed by atoms with Crippen LogP contribution in [0.2, 0.25) is 0 Å². The zero-order chi connectivity index (χ0) is 24.0. The van der Waals surface area contributed by atoms with Crippen LogP contribution in [0.4, 0.5) is 22.7 Å². The van der Waals surface area contributed by atoms with E-state index >= 15 is 0 Å². The average molecular weight is 482 g/mol. The van der Waals surface area contributed by atoms with Crippen molar-refractivity contribution in [1.29, 1.82) is 0 Å². The maximum atomic E-state index is 13.3. The van der Waals surface area contributed by atoms with Crippen LogP contribution in [0.1, 0.15) is 15.2 Å². The number of thiophene rings is 1. The Bertz CT molecular complexity index is 1290. The van der Waals surface area contributed by atoms with Crippen LogP contribution in [0.15, 0.2) is 101 Å². The summed E-state index contributed by atoms with van der Waals surface area (Å²) in [6.07, 6.45) is 0. The Hall–Kier alpha value is -4.10. The summed E-state index contributed by atoms with van der Waals surface area (Å²) in [5, 5.41) is 5.37. The summed E-state index contributed by atoms with van der Waals surface area (Å²) in [5.41, 5.74) is 10.5. The molecule has 2 heterocycles. The molecule has 0 spiro atoms. The highest BCUT2D eigenvalue weighted by Gasteiger charge is 2.24. The van der Waals surface area contributed by atoms with E-state index in [1.165, 1.54) is 0 Å². The van der Waals surface area contributed by atoms with Gasteiger partial charge in [-0.1, -0.05) is 36.4 Å². The Balaban J connectivity index is 1.22. The van der Waals surface area contributed by atoms with Gasteiger partial charge in [-0.25, -0.2) is 4.99 Å². The number of anilines is 3. The molecule has 1 amide bonds. The van der Waals surface area contributed by atoms with Gasteiger partial charge in [0.05, 0.1) is 21.8 Å². The van der Waals surface area contributed by atoms with E-state index in [1.54, 1.807) is 11.3 Å². The lowest BCUT2D eigenvalue weighted by atomic mass is 10.1. The number of nitrogens with zero attached hydrogens (tertiary/aromatic N) is 3. The fraction of sp³-hybridized carbons (Fsp3) is 0.143. The van der Waals surface area contributed by atoms with Gasteiger partial charge in [0, 0.05) is 37.6 Å². The van der Waals surface area contributed by atoms with Crippen LogP contribution in [0.25, 0.3) is 0 Å². The fourth-order valence-electron chi connectivity index (χ4n) is 4.15. The number of carbonyl (C=O) groups excluding carboxylic acids is 1. The van der Waals surface area contributed by atoms with Crippen molar-refractivity contribution in [3.63, 3.8) is 0 Å². The zero-order valence-corrected chi connectivity index (χ0v) is 20.1. The lowest BCUT2D eigenvalue weighted by molar-refractivity contribution is 0.0748. The van der Waals surface area contributed by atoms with Crippen molar-refractivity contribution in [2.24, 2.45) is 10.7 Å². The minimum atomic E-state index is 0.0532. The zero-order valence-electron chi connectivity index (χ0n) is 19.3. The maximum absolute atomic E-state index is 13.3. The van der Waals surface area contributed by atoms with Gasteiger partial charge in [-0.15, -0.1) is 11.3 Å². The van der Waals surface area contributed by atoms with Crippen molar-refractivity contribution in [3.05, 3.63) is 107 Å². The lowest BCUT2D eigenvalue weighted by Gasteiger charge is -2.36. The number of piperazine rings is 1. The first-order valence-corrected chi connectivity index (χ1v) is 12.5. The van der Waals surface area contributed by atoms with Crippen molar-refractivity contribution in [2.75, 3.05) is 36.4 Å². The molecule has 0 aliphatic carbocycles. The molecule has 0 radical (unpaired) electrons. The Labute approximate surface area is 209 Å². The molecule has 7 heteroatoms. The summed E-state index contributed by atoms with van der Waals surface area (Å²) >= 11 is 1.58. The van der Waals surface area contributed by atoms with E-state index in [9.17, 15) is 4.79 Å². The topological polar surface area (TPSA) is 74.0 Å². The largest absolute Gasteiger partial charge is 0.383 e. The molecule has 0 saturated carbocycles. The SMILES string of the molecule is N/C(=N\c1ccc(N2CCN(C(=O)c3ccccc3Nc3ccccc3)CC2)cc1)c1cccs1. The van der Waals surface area contributed by atoms with Gasteiger partial charge in [-0.05, 0) is 60.0 Å². The van der Waals surface area contributed by atoms with Crippen molar-refractivity contribution >= 4 is 45.8 Å². The number of para-hydroxylation sites is 2. The first-order valence-electron chi connectivity index (χ1n) is 11.6. The monoisotopic (exact) mass is 481 g/mol. The van der Waals surface area contributed by atoms with Crippen molar-refractivity contribution in [3.8, 4) is 0 Å². The lowest BCUT2D eigenvalue weighted by Crippen LogP contribution is -2.48. The van der Waals surface area contributed by atoms with Crippen LogP contribution in [0, 0.1) is 0 Å². The number of aliphatic imine (C=N–C) groups is 1. The van der Waals surface area contributed by atoms with Crippen LogP contribution < -0.4 is 16.0 Å². The van der Waals surface area contributed by atoms with E-state index in [4.69, 9.17) is 5.73 Å². The Morgan fingerprint density at radius 1 is 0.829 bits per heavy atom. The van der Waals surface area contributed by atoms with Gasteiger partial charge in [0.15, 0.2) is 0 Å². The molecule has 0 atom stereocenters. The highest BCUT2D eigenvalue weighted by Crippen LogP contribution is 2.25. The number of nitrogens with two attached hydrogens (primary N) is 1. The van der Waals surface area contributed by atoms with E-state index in [0.29, 0.717) is 24.5 Å². The highest BCUT2D eigenvalue weighted by molar-refractivity contribution is 7.12. The molecule has 1 aliphatic rings. The quantitative estimate of drug-likeness (QED) is 0.282. The standard InChI is InChI=1S/C28H27N5OS/c29-27(26-11-6-20-35-26)31-22-12-14-23(15-13-22)32-16-18-33(19-17-32)28(34)24-9-4-5-10-25(24)30-21-7-2-1-3-8-21/h1-15,20,30H,16-19H2,(H2,29,31). The normalized spacial score (nSPS) is 14.1. The predicted molar refractivity (Wildman–Crippen MR) is 145 cm³/mol. The summed E-state index contributed by atoms with van der Waals surface area (Å²) in [5.74, 6) is 0.583. The van der Waals surface area contributed by atoms with Crippen molar-refractivity contribution in [1.82, 2.24) is 4.90 Å². The first-order chi connectivity index (χ1) is 17.2. The molecule has 5 rings (SSSR count). The first kappa shape index (κ1) is 22.7. The summed E-state index contributed by atoms with van der Waals surface area (Å²) in [6.45, 7) is 2.90. The summed E-state index contributed by atoms with van der Waals surface area (Å²) in [7, 11) is 0. The van der Waals surface area contributed by atoms with Gasteiger partial charge in [0.2, 0.25) is 0 Å². The molecule has 4 aromatic rings. The van der Waals surface area contributed by atoms with Crippen LogP contribution >= 0.6 is 11.3 Å². The Kier molecular flexibility index (Phi) is 6.77. The van der Waals surface area contributed by atoms with E-state index in [1.807, 2.05) is 89.1 Å². The van der Waals surface area contributed by atoms with Crippen molar-refractivity contribution < 1.29 is 4.79 Å². The molecule has 1 fully saturated rings. The maximum Gasteiger partial charge on any atom is 0.256 e. The van der Waals surface area contributed by atoms with Gasteiger partial charge in [0.25, 0.3) is 5.91 Å². The van der Waals surface area contributed by atoms with E-state index in [-0.39, 0.29) is 5.91 Å².